The molecule has 1 heterocycles. The van der Waals surface area contributed by atoms with E-state index in [4.69, 9.17) is 16.3 Å². The van der Waals surface area contributed by atoms with E-state index in [0.717, 1.165) is 48.5 Å². The van der Waals surface area contributed by atoms with Crippen LogP contribution in [-0.4, -0.2) is 25.8 Å². The lowest BCUT2D eigenvalue weighted by Gasteiger charge is -2.33. The van der Waals surface area contributed by atoms with Crippen LogP contribution in [0.15, 0.2) is 22.7 Å². The van der Waals surface area contributed by atoms with E-state index < -0.39 is 0 Å². The third kappa shape index (κ3) is 3.76. The predicted molar refractivity (Wildman–Crippen MR) is 88.5 cm³/mol. The lowest BCUT2D eigenvalue weighted by Crippen LogP contribution is -2.41. The minimum atomic E-state index is 0.159. The standard InChI is InChI=1S/C16H23BrClNO/c1-3-7-19-11-16(6-8-20-12(16)2)10-13-4-5-14(17)9-15(13)18/h4-5,9,12,19H,3,6-8,10-11H2,1-2H3. The van der Waals surface area contributed by atoms with E-state index in [2.05, 4.69) is 47.2 Å². The molecule has 0 bridgehead atoms. The zero-order valence-corrected chi connectivity index (χ0v) is 14.6. The second-order valence-corrected chi connectivity index (χ2v) is 7.04. The van der Waals surface area contributed by atoms with Crippen molar-refractivity contribution in [2.24, 2.45) is 5.41 Å². The minimum Gasteiger partial charge on any atom is -0.378 e. The number of rotatable bonds is 6. The van der Waals surface area contributed by atoms with E-state index in [9.17, 15) is 0 Å². The number of nitrogens with one attached hydrogen (secondary N) is 1. The largest absolute Gasteiger partial charge is 0.378 e. The fourth-order valence-corrected chi connectivity index (χ4v) is 3.64. The molecule has 4 heteroatoms. The average Bonchev–Trinajstić information content (AvgIpc) is 2.75. The van der Waals surface area contributed by atoms with Crippen molar-refractivity contribution in [1.82, 2.24) is 5.32 Å². The molecule has 1 aliphatic heterocycles. The quantitative estimate of drug-likeness (QED) is 0.757. The van der Waals surface area contributed by atoms with Crippen molar-refractivity contribution in [3.63, 3.8) is 0 Å². The van der Waals surface area contributed by atoms with Crippen LogP contribution in [0, 0.1) is 5.41 Å². The van der Waals surface area contributed by atoms with Gasteiger partial charge in [0.15, 0.2) is 0 Å². The van der Waals surface area contributed by atoms with Gasteiger partial charge in [0.2, 0.25) is 0 Å². The number of hydrogen-bond donors (Lipinski definition) is 1. The lowest BCUT2D eigenvalue weighted by atomic mass is 9.76. The van der Waals surface area contributed by atoms with Crippen molar-refractivity contribution >= 4 is 27.5 Å². The Labute approximate surface area is 135 Å². The van der Waals surface area contributed by atoms with Gasteiger partial charge in [0.25, 0.3) is 0 Å². The molecule has 1 aromatic rings. The molecule has 0 amide bonds. The highest BCUT2D eigenvalue weighted by Gasteiger charge is 2.41. The van der Waals surface area contributed by atoms with Gasteiger partial charge in [-0.25, -0.2) is 0 Å². The van der Waals surface area contributed by atoms with Crippen LogP contribution in [0.25, 0.3) is 0 Å². The summed E-state index contributed by atoms with van der Waals surface area (Å²) < 4.78 is 6.87. The van der Waals surface area contributed by atoms with Gasteiger partial charge in [0, 0.05) is 28.1 Å². The molecular weight excluding hydrogens is 338 g/mol. The summed E-state index contributed by atoms with van der Waals surface area (Å²) in [6.45, 7) is 7.29. The van der Waals surface area contributed by atoms with Gasteiger partial charge in [-0.3, -0.25) is 0 Å². The second-order valence-electron chi connectivity index (χ2n) is 5.71. The molecule has 1 aliphatic rings. The van der Waals surface area contributed by atoms with Crippen molar-refractivity contribution in [1.29, 1.82) is 0 Å². The topological polar surface area (TPSA) is 21.3 Å². The first-order valence-corrected chi connectivity index (χ1v) is 8.51. The van der Waals surface area contributed by atoms with Crippen LogP contribution in [0.5, 0.6) is 0 Å². The van der Waals surface area contributed by atoms with Crippen LogP contribution in [0.3, 0.4) is 0 Å². The highest BCUT2D eigenvalue weighted by atomic mass is 79.9. The van der Waals surface area contributed by atoms with Crippen LogP contribution < -0.4 is 5.32 Å². The summed E-state index contributed by atoms with van der Waals surface area (Å²) in [5.41, 5.74) is 1.37. The summed E-state index contributed by atoms with van der Waals surface area (Å²) in [5, 5.41) is 4.41. The SMILES string of the molecule is CCCNCC1(Cc2ccc(Br)cc2Cl)CCOC1C. The van der Waals surface area contributed by atoms with Crippen LogP contribution in [0.2, 0.25) is 5.02 Å². The highest BCUT2D eigenvalue weighted by molar-refractivity contribution is 9.10. The number of halogens is 2. The van der Waals surface area contributed by atoms with Crippen molar-refractivity contribution in [2.75, 3.05) is 19.7 Å². The highest BCUT2D eigenvalue weighted by Crippen LogP contribution is 2.39. The smallest absolute Gasteiger partial charge is 0.0619 e. The zero-order valence-electron chi connectivity index (χ0n) is 12.2. The molecule has 20 heavy (non-hydrogen) atoms. The minimum absolute atomic E-state index is 0.159. The molecule has 0 spiro atoms. The number of benzene rings is 1. The van der Waals surface area contributed by atoms with Crippen molar-refractivity contribution in [3.05, 3.63) is 33.3 Å². The average molecular weight is 361 g/mol. The van der Waals surface area contributed by atoms with E-state index in [1.807, 2.05) is 6.07 Å². The molecule has 0 radical (unpaired) electrons. The first-order valence-electron chi connectivity index (χ1n) is 7.33. The summed E-state index contributed by atoms with van der Waals surface area (Å²) in [6.07, 6.45) is 3.49. The van der Waals surface area contributed by atoms with Crippen molar-refractivity contribution in [2.45, 2.75) is 39.2 Å². The van der Waals surface area contributed by atoms with Crippen molar-refractivity contribution in [3.8, 4) is 0 Å². The third-order valence-corrected chi connectivity index (χ3v) is 5.14. The van der Waals surface area contributed by atoms with Crippen molar-refractivity contribution < 1.29 is 4.74 Å². The van der Waals surface area contributed by atoms with Gasteiger partial charge >= 0.3 is 0 Å². The Morgan fingerprint density at radius 3 is 2.90 bits per heavy atom. The van der Waals surface area contributed by atoms with Gasteiger partial charge in [0.1, 0.15) is 0 Å². The molecule has 0 aromatic heterocycles. The summed E-state index contributed by atoms with van der Waals surface area (Å²) in [6, 6.07) is 6.17. The van der Waals surface area contributed by atoms with Crippen LogP contribution >= 0.6 is 27.5 Å². The molecule has 0 saturated carbocycles. The van der Waals surface area contributed by atoms with Gasteiger partial charge in [-0.2, -0.15) is 0 Å². The fourth-order valence-electron chi connectivity index (χ4n) is 2.90. The van der Waals surface area contributed by atoms with E-state index in [1.165, 1.54) is 5.56 Å². The summed E-state index contributed by atoms with van der Waals surface area (Å²) in [5.74, 6) is 0. The molecule has 1 N–H and O–H groups in total. The van der Waals surface area contributed by atoms with Crippen LogP contribution in [-0.2, 0) is 11.2 Å². The van der Waals surface area contributed by atoms with Gasteiger partial charge in [-0.05, 0) is 50.4 Å². The van der Waals surface area contributed by atoms with E-state index in [0.29, 0.717) is 0 Å². The second kappa shape index (κ2) is 7.26. The first kappa shape index (κ1) is 16.3. The Morgan fingerprint density at radius 2 is 2.30 bits per heavy atom. The predicted octanol–water partition coefficient (Wildman–Crippen LogP) is 4.44. The Morgan fingerprint density at radius 1 is 1.50 bits per heavy atom. The maximum absolute atomic E-state index is 6.39. The fraction of sp³-hybridized carbons (Fsp3) is 0.625. The Hall–Kier alpha value is -0.0900. The summed E-state index contributed by atoms with van der Waals surface area (Å²) in [4.78, 5) is 0. The molecule has 2 atom stereocenters. The maximum atomic E-state index is 6.39. The normalized spacial score (nSPS) is 26.1. The summed E-state index contributed by atoms with van der Waals surface area (Å²) >= 11 is 9.85. The first-order chi connectivity index (χ1) is 9.57. The Balaban J connectivity index is 2.15. The molecule has 1 aromatic carbocycles. The molecule has 1 saturated heterocycles. The molecule has 0 aliphatic carbocycles. The van der Waals surface area contributed by atoms with E-state index >= 15 is 0 Å². The zero-order chi connectivity index (χ0) is 14.6. The van der Waals surface area contributed by atoms with Crippen LogP contribution in [0.1, 0.15) is 32.3 Å². The number of ether oxygens (including phenoxy) is 1. The molecular formula is C16H23BrClNO. The van der Waals surface area contributed by atoms with Crippen LogP contribution in [0.4, 0.5) is 0 Å². The molecule has 2 unspecified atom stereocenters. The summed E-state index contributed by atoms with van der Waals surface area (Å²) in [7, 11) is 0. The number of hydrogen-bond acceptors (Lipinski definition) is 2. The van der Waals surface area contributed by atoms with E-state index in [1.54, 1.807) is 0 Å². The molecule has 1 fully saturated rings. The van der Waals surface area contributed by atoms with Gasteiger partial charge in [-0.1, -0.05) is 40.5 Å². The van der Waals surface area contributed by atoms with Gasteiger partial charge < -0.3 is 10.1 Å². The van der Waals surface area contributed by atoms with Gasteiger partial charge in [-0.15, -0.1) is 0 Å². The Bertz CT molecular complexity index is 454. The Kier molecular flexibility index (Phi) is 5.91. The van der Waals surface area contributed by atoms with Gasteiger partial charge in [0.05, 0.1) is 6.10 Å². The molecule has 2 rings (SSSR count). The molecule has 112 valence electrons. The molecule has 2 nitrogen and oxygen atoms in total. The third-order valence-electron chi connectivity index (χ3n) is 4.29. The maximum Gasteiger partial charge on any atom is 0.0619 e. The van der Waals surface area contributed by atoms with E-state index in [-0.39, 0.29) is 11.5 Å². The lowest BCUT2D eigenvalue weighted by molar-refractivity contribution is 0.0631. The monoisotopic (exact) mass is 359 g/mol.